The van der Waals surface area contributed by atoms with E-state index in [1.807, 2.05) is 6.92 Å². The Morgan fingerprint density at radius 2 is 1.98 bits per heavy atom. The van der Waals surface area contributed by atoms with Crippen molar-refractivity contribution in [1.82, 2.24) is 14.8 Å². The van der Waals surface area contributed by atoms with Crippen LogP contribution in [0.2, 0.25) is 0 Å². The minimum atomic E-state index is -3.47. The molecule has 1 saturated carbocycles. The zero-order valence-corrected chi connectivity index (χ0v) is 24.6. The second kappa shape index (κ2) is 14.2. The molecule has 1 aliphatic heterocycles. The Kier molecular flexibility index (Phi) is 10.6. The Bertz CT molecular complexity index is 1270. The molecule has 0 bridgehead atoms. The number of rotatable bonds is 13. The minimum Gasteiger partial charge on any atom is -0.392 e. The lowest BCUT2D eigenvalue weighted by atomic mass is 10.1. The maximum absolute atomic E-state index is 13.3. The third kappa shape index (κ3) is 8.09. The van der Waals surface area contributed by atoms with Gasteiger partial charge in [0.15, 0.2) is 20.7 Å². The van der Waals surface area contributed by atoms with Crippen molar-refractivity contribution in [2.45, 2.75) is 62.6 Å². The number of nitrogens with zero attached hydrogens (tertiary/aromatic N) is 4. The molecule has 40 heavy (non-hydrogen) atoms. The highest BCUT2D eigenvalue weighted by Crippen LogP contribution is 2.24. The number of thiazole rings is 1. The van der Waals surface area contributed by atoms with E-state index < -0.39 is 15.7 Å². The van der Waals surface area contributed by atoms with Gasteiger partial charge in [-0.2, -0.15) is 0 Å². The average Bonchev–Trinajstić information content (AvgIpc) is 3.62. The van der Waals surface area contributed by atoms with Crippen LogP contribution in [-0.4, -0.2) is 92.5 Å². The lowest BCUT2D eigenvalue weighted by Gasteiger charge is -2.37. The fourth-order valence-electron chi connectivity index (χ4n) is 4.84. The summed E-state index contributed by atoms with van der Waals surface area (Å²) >= 11 is 1.38. The smallest absolute Gasteiger partial charge is 0.280 e. The average molecular weight is 592 g/mol. The number of benzene rings is 1. The molecule has 218 valence electrons. The van der Waals surface area contributed by atoms with E-state index in [1.54, 1.807) is 23.2 Å². The third-order valence-electron chi connectivity index (χ3n) is 7.11. The number of piperazine rings is 1. The Balaban J connectivity index is 1.45. The van der Waals surface area contributed by atoms with E-state index in [1.165, 1.54) is 30.6 Å². The number of ether oxygens (including phenoxy) is 1. The number of sulfone groups is 1. The van der Waals surface area contributed by atoms with Gasteiger partial charge in [-0.05, 0) is 51.2 Å². The van der Waals surface area contributed by atoms with Crippen LogP contribution < -0.4 is 5.32 Å². The quantitative estimate of drug-likeness (QED) is 0.163. The van der Waals surface area contributed by atoms with E-state index >= 15 is 0 Å². The highest BCUT2D eigenvalue weighted by Gasteiger charge is 2.24. The molecule has 13 heteroatoms. The molecule has 11 nitrogen and oxygen atoms in total. The molecule has 0 spiro atoms. The van der Waals surface area contributed by atoms with Gasteiger partial charge >= 0.3 is 0 Å². The summed E-state index contributed by atoms with van der Waals surface area (Å²) in [6, 6.07) is 6.27. The van der Waals surface area contributed by atoms with Gasteiger partial charge in [0.1, 0.15) is 6.10 Å². The number of anilines is 1. The van der Waals surface area contributed by atoms with Crippen LogP contribution in [-0.2, 0) is 35.5 Å². The molecule has 4 rings (SSSR count). The summed E-state index contributed by atoms with van der Waals surface area (Å²) in [4.78, 5) is 39.8. The van der Waals surface area contributed by atoms with Crippen LogP contribution in [0.1, 0.15) is 49.5 Å². The molecule has 1 aliphatic carbocycles. The highest BCUT2D eigenvalue weighted by molar-refractivity contribution is 7.91. The molecular formula is C27H37N5O6S2. The molecule has 0 radical (unpaired) electrons. The molecule has 1 atom stereocenters. The van der Waals surface area contributed by atoms with Crippen LogP contribution in [0.15, 0.2) is 40.5 Å². The zero-order chi connectivity index (χ0) is 28.5. The maximum Gasteiger partial charge on any atom is 0.280 e. The highest BCUT2D eigenvalue weighted by atomic mass is 32.2. The second-order valence-electron chi connectivity index (χ2n) is 10.2. The Labute approximate surface area is 239 Å². The predicted molar refractivity (Wildman–Crippen MR) is 153 cm³/mol. The van der Waals surface area contributed by atoms with Gasteiger partial charge < -0.3 is 14.5 Å². The monoisotopic (exact) mass is 591 g/mol. The lowest BCUT2D eigenvalue weighted by Crippen LogP contribution is -2.50. The Morgan fingerprint density at radius 3 is 2.65 bits per heavy atom. The normalized spacial score (nSPS) is 19.1. The van der Waals surface area contributed by atoms with Crippen molar-refractivity contribution in [2.24, 2.45) is 5.16 Å². The van der Waals surface area contributed by atoms with Gasteiger partial charge in [0.2, 0.25) is 6.41 Å². The number of oxime groups is 1. The Morgan fingerprint density at radius 1 is 1.23 bits per heavy atom. The molecule has 2 aromatic rings. The van der Waals surface area contributed by atoms with Crippen LogP contribution in [0.25, 0.3) is 0 Å². The number of amides is 2. The number of carbonyl (C=O) groups excluding carboxylic acids is 2. The van der Waals surface area contributed by atoms with Gasteiger partial charge in [0.05, 0.1) is 10.6 Å². The summed E-state index contributed by atoms with van der Waals surface area (Å²) in [5, 5.41) is 7.49. The van der Waals surface area contributed by atoms with Crippen LogP contribution >= 0.6 is 11.3 Å². The minimum absolute atomic E-state index is 0.0233. The van der Waals surface area contributed by atoms with Crippen molar-refractivity contribution < 1.29 is 27.6 Å². The first-order valence-electron chi connectivity index (χ1n) is 13.5. The molecule has 1 saturated heterocycles. The summed E-state index contributed by atoms with van der Waals surface area (Å²) in [5.74, 6) is -0.507. The lowest BCUT2D eigenvalue weighted by molar-refractivity contribution is -0.122. The summed E-state index contributed by atoms with van der Waals surface area (Å²) < 4.78 is 30.2. The van der Waals surface area contributed by atoms with E-state index in [9.17, 15) is 18.0 Å². The third-order valence-corrected chi connectivity index (χ3v) is 9.82. The maximum atomic E-state index is 13.3. The first kappa shape index (κ1) is 30.1. The molecule has 1 aromatic heterocycles. The molecule has 2 fully saturated rings. The number of nitrogens with one attached hydrogen (secondary N) is 1. The van der Waals surface area contributed by atoms with Crippen LogP contribution in [0.3, 0.4) is 0 Å². The molecule has 1 aromatic carbocycles. The van der Waals surface area contributed by atoms with Gasteiger partial charge in [0, 0.05) is 62.6 Å². The zero-order valence-electron chi connectivity index (χ0n) is 23.0. The number of carbonyl (C=O) groups is 2. The van der Waals surface area contributed by atoms with E-state index in [0.717, 1.165) is 50.1 Å². The Hall–Kier alpha value is -2.87. The van der Waals surface area contributed by atoms with Crippen LogP contribution in [0.5, 0.6) is 0 Å². The summed E-state index contributed by atoms with van der Waals surface area (Å²) in [5.41, 5.74) is 0.510. The van der Waals surface area contributed by atoms with Crippen LogP contribution in [0.4, 0.5) is 5.13 Å². The molecule has 2 aliphatic rings. The number of hydrogen-bond donors (Lipinski definition) is 1. The van der Waals surface area contributed by atoms with Gasteiger partial charge in [-0.25, -0.2) is 13.4 Å². The summed E-state index contributed by atoms with van der Waals surface area (Å²) in [7, 11) is -1.94. The van der Waals surface area contributed by atoms with E-state index in [0.29, 0.717) is 36.8 Å². The van der Waals surface area contributed by atoms with Gasteiger partial charge in [-0.1, -0.05) is 17.3 Å². The number of methoxy groups -OCH3 is 1. The van der Waals surface area contributed by atoms with Crippen molar-refractivity contribution in [3.63, 3.8) is 0 Å². The van der Waals surface area contributed by atoms with Gasteiger partial charge in [-0.3, -0.25) is 19.8 Å². The molecule has 2 heterocycles. The summed E-state index contributed by atoms with van der Waals surface area (Å²) in [6.07, 6.45) is 6.87. The largest absolute Gasteiger partial charge is 0.392 e. The first-order valence-corrected chi connectivity index (χ1v) is 16.0. The fraction of sp³-hybridized carbons (Fsp3) is 0.556. The molecule has 2 amide bonds. The SMILES string of the molecule is COCCCS(=O)(=O)c1ccc(/C(=N\OC2CCCC2)C(=O)Nc2ncc(CN3CCN(C=O)[C@@H](C)C3)s2)cc1. The van der Waals surface area contributed by atoms with Gasteiger partial charge in [-0.15, -0.1) is 11.3 Å². The van der Waals surface area contributed by atoms with E-state index in [-0.39, 0.29) is 28.5 Å². The topological polar surface area (TPSA) is 130 Å². The van der Waals surface area contributed by atoms with Gasteiger partial charge in [0.25, 0.3) is 5.91 Å². The number of hydrogen-bond acceptors (Lipinski definition) is 10. The van der Waals surface area contributed by atoms with E-state index in [4.69, 9.17) is 9.57 Å². The van der Waals surface area contributed by atoms with Crippen molar-refractivity contribution >= 4 is 44.3 Å². The molecule has 0 unspecified atom stereocenters. The number of aromatic nitrogens is 1. The standard InChI is InChI=1S/C27H37N5O6S2/c1-20-17-31(12-13-32(20)19-33)18-23-16-28-27(39-23)29-26(34)25(30-38-22-6-3-4-7-22)21-8-10-24(11-9-21)40(35,36)15-5-14-37-2/h8-11,16,19-20,22H,3-7,12-15,17-18H2,1-2H3,(H,28,29,34)/b30-25+/t20-/m0/s1. The first-order chi connectivity index (χ1) is 19.3. The molecular weight excluding hydrogens is 554 g/mol. The second-order valence-corrected chi connectivity index (χ2v) is 13.4. The molecule has 1 N–H and O–H groups in total. The fourth-order valence-corrected chi connectivity index (χ4v) is 6.97. The van der Waals surface area contributed by atoms with Crippen LogP contribution in [0, 0.1) is 0 Å². The van der Waals surface area contributed by atoms with Crippen molar-refractivity contribution in [2.75, 3.05) is 44.4 Å². The predicted octanol–water partition coefficient (Wildman–Crippen LogP) is 2.92. The van der Waals surface area contributed by atoms with Crippen molar-refractivity contribution in [1.29, 1.82) is 0 Å². The summed E-state index contributed by atoms with van der Waals surface area (Å²) in [6.45, 7) is 5.29. The van der Waals surface area contributed by atoms with Crippen molar-refractivity contribution in [3.05, 3.63) is 40.9 Å². The van der Waals surface area contributed by atoms with Crippen molar-refractivity contribution in [3.8, 4) is 0 Å². The van der Waals surface area contributed by atoms with E-state index in [2.05, 4.69) is 20.4 Å².